The van der Waals surface area contributed by atoms with Crippen molar-refractivity contribution < 1.29 is 9.84 Å². The molecule has 2 aliphatic rings. The summed E-state index contributed by atoms with van der Waals surface area (Å²) in [6.07, 6.45) is 6.68. The van der Waals surface area contributed by atoms with Gasteiger partial charge in [-0.25, -0.2) is 0 Å². The van der Waals surface area contributed by atoms with Gasteiger partial charge in [-0.15, -0.1) is 0 Å². The van der Waals surface area contributed by atoms with Gasteiger partial charge in [0.2, 0.25) is 0 Å². The first-order valence-corrected chi connectivity index (χ1v) is 5.76. The summed E-state index contributed by atoms with van der Waals surface area (Å²) in [6.45, 7) is 1.32. The highest BCUT2D eigenvalue weighted by Gasteiger charge is 2.35. The third-order valence-electron chi connectivity index (χ3n) is 3.65. The highest BCUT2D eigenvalue weighted by molar-refractivity contribution is 4.86. The van der Waals surface area contributed by atoms with Gasteiger partial charge in [-0.3, -0.25) is 0 Å². The van der Waals surface area contributed by atoms with Gasteiger partial charge in [0.15, 0.2) is 0 Å². The molecule has 0 heterocycles. The largest absolute Gasteiger partial charge is 0.387 e. The lowest BCUT2D eigenvalue weighted by atomic mass is 9.82. The lowest BCUT2D eigenvalue weighted by Crippen LogP contribution is -2.40. The van der Waals surface area contributed by atoms with Gasteiger partial charge in [0.25, 0.3) is 0 Å². The predicted octanol–water partition coefficient (Wildman–Crippen LogP) is 1.05. The number of ether oxygens (including phenoxy) is 1. The molecule has 2 saturated carbocycles. The van der Waals surface area contributed by atoms with Crippen LogP contribution < -0.4 is 5.73 Å². The van der Waals surface area contributed by atoms with Crippen molar-refractivity contribution in [1.82, 2.24) is 0 Å². The fraction of sp³-hybridized carbons (Fsp3) is 1.00. The van der Waals surface area contributed by atoms with E-state index in [1.807, 2.05) is 0 Å². The predicted molar refractivity (Wildman–Crippen MR) is 54.9 cm³/mol. The van der Waals surface area contributed by atoms with Crippen molar-refractivity contribution in [3.8, 4) is 0 Å². The van der Waals surface area contributed by atoms with Crippen LogP contribution in [0.2, 0.25) is 0 Å². The molecule has 3 heteroatoms. The summed E-state index contributed by atoms with van der Waals surface area (Å²) in [6, 6.07) is 0. The zero-order chi connectivity index (χ0) is 10.0. The van der Waals surface area contributed by atoms with Gasteiger partial charge < -0.3 is 15.6 Å². The van der Waals surface area contributed by atoms with Gasteiger partial charge in [0, 0.05) is 0 Å². The lowest BCUT2D eigenvalue weighted by molar-refractivity contribution is -0.102. The fourth-order valence-electron chi connectivity index (χ4n) is 2.45. The maximum atomic E-state index is 10.0. The monoisotopic (exact) mass is 199 g/mol. The maximum absolute atomic E-state index is 10.0. The highest BCUT2D eigenvalue weighted by atomic mass is 16.5. The highest BCUT2D eigenvalue weighted by Crippen LogP contribution is 2.33. The maximum Gasteiger partial charge on any atom is 0.0880 e. The van der Waals surface area contributed by atoms with Gasteiger partial charge in [-0.1, -0.05) is 12.8 Å². The van der Waals surface area contributed by atoms with E-state index >= 15 is 0 Å². The van der Waals surface area contributed by atoms with Gasteiger partial charge >= 0.3 is 0 Å². The summed E-state index contributed by atoms with van der Waals surface area (Å²) in [5, 5.41) is 10.0. The zero-order valence-electron chi connectivity index (χ0n) is 8.74. The van der Waals surface area contributed by atoms with Crippen molar-refractivity contribution in [2.24, 2.45) is 11.7 Å². The Hall–Kier alpha value is -0.120. The average molecular weight is 199 g/mol. The quantitative estimate of drug-likeness (QED) is 0.711. The van der Waals surface area contributed by atoms with Crippen molar-refractivity contribution in [2.75, 3.05) is 13.2 Å². The molecule has 14 heavy (non-hydrogen) atoms. The SMILES string of the molecule is NCC1CC(OCC2(O)CCCC2)C1. The number of rotatable bonds is 4. The molecule has 0 aromatic carbocycles. The average Bonchev–Trinajstić information content (AvgIpc) is 2.50. The topological polar surface area (TPSA) is 55.5 Å². The number of hydrogen-bond acceptors (Lipinski definition) is 3. The van der Waals surface area contributed by atoms with Gasteiger partial charge in [0.05, 0.1) is 18.3 Å². The summed E-state index contributed by atoms with van der Waals surface area (Å²) in [7, 11) is 0. The molecule has 0 saturated heterocycles. The van der Waals surface area contributed by atoms with Crippen LogP contribution in [0.4, 0.5) is 0 Å². The summed E-state index contributed by atoms with van der Waals surface area (Å²) >= 11 is 0. The van der Waals surface area contributed by atoms with E-state index in [0.29, 0.717) is 18.6 Å². The molecule has 0 radical (unpaired) electrons. The Balaban J connectivity index is 1.63. The van der Waals surface area contributed by atoms with E-state index < -0.39 is 5.60 Å². The second-order valence-electron chi connectivity index (χ2n) is 4.94. The smallest absolute Gasteiger partial charge is 0.0880 e. The third-order valence-corrected chi connectivity index (χ3v) is 3.65. The molecule has 2 rings (SSSR count). The molecule has 3 N–H and O–H groups in total. The summed E-state index contributed by atoms with van der Waals surface area (Å²) in [5.41, 5.74) is 5.03. The van der Waals surface area contributed by atoms with Crippen molar-refractivity contribution in [2.45, 2.75) is 50.2 Å². The van der Waals surface area contributed by atoms with Gasteiger partial charge in [-0.2, -0.15) is 0 Å². The van der Waals surface area contributed by atoms with Crippen LogP contribution >= 0.6 is 0 Å². The molecule has 0 atom stereocenters. The summed E-state index contributed by atoms with van der Waals surface area (Å²) in [5.74, 6) is 0.665. The zero-order valence-corrected chi connectivity index (χ0v) is 8.74. The minimum Gasteiger partial charge on any atom is -0.387 e. The Morgan fingerprint density at radius 3 is 2.50 bits per heavy atom. The number of nitrogens with two attached hydrogens (primary N) is 1. The van der Waals surface area contributed by atoms with Crippen LogP contribution in [0.5, 0.6) is 0 Å². The first-order chi connectivity index (χ1) is 6.72. The Labute approximate surface area is 85.6 Å². The standard InChI is InChI=1S/C11H21NO2/c12-7-9-5-10(6-9)14-8-11(13)3-1-2-4-11/h9-10,13H,1-8,12H2. The molecule has 3 nitrogen and oxygen atoms in total. The summed E-state index contributed by atoms with van der Waals surface area (Å²) in [4.78, 5) is 0. The molecule has 0 amide bonds. The number of aliphatic hydroxyl groups is 1. The molecule has 0 bridgehead atoms. The van der Waals surface area contributed by atoms with E-state index in [-0.39, 0.29) is 0 Å². The van der Waals surface area contributed by atoms with E-state index in [1.54, 1.807) is 0 Å². The molecule has 0 aliphatic heterocycles. The van der Waals surface area contributed by atoms with E-state index in [0.717, 1.165) is 45.1 Å². The lowest BCUT2D eigenvalue weighted by Gasteiger charge is -2.36. The van der Waals surface area contributed by atoms with Crippen LogP contribution in [0.3, 0.4) is 0 Å². The van der Waals surface area contributed by atoms with E-state index in [2.05, 4.69) is 0 Å². The molecule has 82 valence electrons. The van der Waals surface area contributed by atoms with E-state index in [9.17, 15) is 5.11 Å². The molecule has 2 fully saturated rings. The molecular formula is C11H21NO2. The van der Waals surface area contributed by atoms with Crippen LogP contribution in [-0.2, 0) is 4.74 Å². The Bertz CT molecular complexity index is 184. The molecule has 0 aromatic rings. The van der Waals surface area contributed by atoms with Crippen LogP contribution in [0.25, 0.3) is 0 Å². The fourth-order valence-corrected chi connectivity index (χ4v) is 2.45. The van der Waals surface area contributed by atoms with Crippen molar-refractivity contribution in [3.63, 3.8) is 0 Å². The van der Waals surface area contributed by atoms with Crippen molar-refractivity contribution in [3.05, 3.63) is 0 Å². The second kappa shape index (κ2) is 4.17. The number of hydrogen-bond donors (Lipinski definition) is 2. The van der Waals surface area contributed by atoms with Crippen LogP contribution in [-0.4, -0.2) is 30.0 Å². The Morgan fingerprint density at radius 2 is 1.93 bits per heavy atom. The minimum absolute atomic E-state index is 0.369. The van der Waals surface area contributed by atoms with Gasteiger partial charge in [-0.05, 0) is 38.1 Å². The molecule has 0 aromatic heterocycles. The van der Waals surface area contributed by atoms with E-state index in [1.165, 1.54) is 0 Å². The molecule has 2 aliphatic carbocycles. The van der Waals surface area contributed by atoms with Crippen LogP contribution in [0.15, 0.2) is 0 Å². The minimum atomic E-state index is -0.506. The van der Waals surface area contributed by atoms with Crippen molar-refractivity contribution in [1.29, 1.82) is 0 Å². The molecular weight excluding hydrogens is 178 g/mol. The first kappa shape index (κ1) is 10.4. The first-order valence-electron chi connectivity index (χ1n) is 5.76. The Morgan fingerprint density at radius 1 is 1.29 bits per heavy atom. The van der Waals surface area contributed by atoms with Gasteiger partial charge in [0.1, 0.15) is 0 Å². The second-order valence-corrected chi connectivity index (χ2v) is 4.94. The van der Waals surface area contributed by atoms with Crippen LogP contribution in [0, 0.1) is 5.92 Å². The third kappa shape index (κ3) is 2.27. The van der Waals surface area contributed by atoms with Crippen LogP contribution in [0.1, 0.15) is 38.5 Å². The van der Waals surface area contributed by atoms with Crippen molar-refractivity contribution >= 4 is 0 Å². The van der Waals surface area contributed by atoms with E-state index in [4.69, 9.17) is 10.5 Å². The Kier molecular flexibility index (Phi) is 3.10. The molecule has 0 unspecified atom stereocenters. The normalized spacial score (nSPS) is 35.6. The molecule has 0 spiro atoms. The summed E-state index contributed by atoms with van der Waals surface area (Å²) < 4.78 is 5.69.